The van der Waals surface area contributed by atoms with Crippen LogP contribution in [0.5, 0.6) is 6.01 Å². The fourth-order valence-electron chi connectivity index (χ4n) is 3.65. The summed E-state index contributed by atoms with van der Waals surface area (Å²) >= 11 is 0. The second kappa shape index (κ2) is 10.9. The van der Waals surface area contributed by atoms with E-state index in [4.69, 9.17) is 26.5 Å². The molecule has 0 fully saturated rings. The first-order chi connectivity index (χ1) is 18.0. The van der Waals surface area contributed by atoms with E-state index in [1.807, 2.05) is 61.5 Å². The first kappa shape index (κ1) is 24.7. The van der Waals surface area contributed by atoms with Crippen molar-refractivity contribution in [1.82, 2.24) is 29.5 Å². The minimum absolute atomic E-state index is 0.0801. The topological polar surface area (TPSA) is 172 Å². The number of aromatic nitrogens is 6. The number of methoxy groups -OCH3 is 1. The van der Waals surface area contributed by atoms with Gasteiger partial charge in [0.15, 0.2) is 0 Å². The molecule has 0 saturated carbocycles. The first-order valence-corrected chi connectivity index (χ1v) is 11.2. The van der Waals surface area contributed by atoms with E-state index in [0.717, 1.165) is 22.6 Å². The van der Waals surface area contributed by atoms with E-state index in [1.165, 1.54) is 13.3 Å². The number of ether oxygens (including phenoxy) is 1. The quantitative estimate of drug-likeness (QED) is 0.379. The molecule has 4 N–H and O–H groups in total. The van der Waals surface area contributed by atoms with Gasteiger partial charge < -0.3 is 16.2 Å². The predicted octanol–water partition coefficient (Wildman–Crippen LogP) is 2.93. The lowest BCUT2D eigenvalue weighted by Crippen LogP contribution is -2.24. The highest BCUT2D eigenvalue weighted by molar-refractivity contribution is 5.93. The highest BCUT2D eigenvalue weighted by Crippen LogP contribution is 2.26. The largest absolute Gasteiger partial charge is 0.467 e. The number of para-hydroxylation sites is 1. The van der Waals surface area contributed by atoms with Gasteiger partial charge in [-0.15, -0.1) is 0 Å². The molecule has 2 aromatic carbocycles. The molecule has 0 bridgehead atoms. The zero-order valence-electron chi connectivity index (χ0n) is 20.2. The van der Waals surface area contributed by atoms with Crippen molar-refractivity contribution < 1.29 is 4.74 Å². The molecule has 5 rings (SSSR count). The maximum Gasteiger partial charge on any atom is 0.316 e. The highest BCUT2D eigenvalue weighted by Gasteiger charge is 2.16. The van der Waals surface area contributed by atoms with Crippen LogP contribution in [0.1, 0.15) is 18.3 Å². The summed E-state index contributed by atoms with van der Waals surface area (Å²) in [5, 5.41) is 8.91. The summed E-state index contributed by atoms with van der Waals surface area (Å²) in [4.78, 5) is 33.7. The van der Waals surface area contributed by atoms with Gasteiger partial charge in [0.25, 0.3) is 5.56 Å². The van der Waals surface area contributed by atoms with Crippen LogP contribution in [0.15, 0.2) is 71.9 Å². The van der Waals surface area contributed by atoms with Crippen LogP contribution in [0.25, 0.3) is 27.7 Å². The summed E-state index contributed by atoms with van der Waals surface area (Å²) < 4.78 is 6.70. The molecule has 0 saturated heterocycles. The number of hydrogen-bond donors (Lipinski definition) is 2. The van der Waals surface area contributed by atoms with Gasteiger partial charge in [0.2, 0.25) is 5.95 Å². The molecule has 0 radical (unpaired) electrons. The molecule has 3 aromatic heterocycles. The lowest BCUT2D eigenvalue weighted by molar-refractivity contribution is 0.380. The van der Waals surface area contributed by atoms with E-state index in [1.54, 1.807) is 17.0 Å². The lowest BCUT2D eigenvalue weighted by atomic mass is 10.0. The highest BCUT2D eigenvalue weighted by atomic mass is 16.5. The maximum atomic E-state index is 13.5. The van der Waals surface area contributed by atoms with Crippen molar-refractivity contribution in [2.24, 2.45) is 0 Å². The van der Waals surface area contributed by atoms with Gasteiger partial charge >= 0.3 is 6.01 Å². The third-order valence-electron chi connectivity index (χ3n) is 5.38. The SMILES string of the molecule is CCc1nc2cccc(-c3cnc(OC)nc3)c2c(=O)n1-c1ccccc1.N#Cc1cnc(N)nc1N. The Bertz CT molecular complexity index is 1640. The molecule has 0 amide bonds. The number of nitriles is 1. The Labute approximate surface area is 212 Å². The van der Waals surface area contributed by atoms with Crippen LogP contribution in [0.2, 0.25) is 0 Å². The number of fused-ring (bicyclic) bond motifs is 1. The number of nitrogens with two attached hydrogens (primary N) is 2. The van der Waals surface area contributed by atoms with Crippen LogP contribution in [0.3, 0.4) is 0 Å². The summed E-state index contributed by atoms with van der Waals surface area (Å²) in [6, 6.07) is 17.3. The number of rotatable bonds is 4. The van der Waals surface area contributed by atoms with E-state index in [2.05, 4.69) is 19.9 Å². The number of benzene rings is 2. The smallest absolute Gasteiger partial charge is 0.316 e. The van der Waals surface area contributed by atoms with E-state index in [0.29, 0.717) is 17.3 Å². The average Bonchev–Trinajstić information content (AvgIpc) is 2.93. The van der Waals surface area contributed by atoms with Crippen molar-refractivity contribution in [1.29, 1.82) is 5.26 Å². The Morgan fingerprint density at radius 1 is 0.973 bits per heavy atom. The molecular weight excluding hydrogens is 470 g/mol. The van der Waals surface area contributed by atoms with Crippen LogP contribution in [-0.4, -0.2) is 36.6 Å². The van der Waals surface area contributed by atoms with Crippen LogP contribution >= 0.6 is 0 Å². The molecule has 11 nitrogen and oxygen atoms in total. The second-order valence-electron chi connectivity index (χ2n) is 7.65. The maximum absolute atomic E-state index is 13.5. The van der Waals surface area contributed by atoms with Crippen molar-refractivity contribution in [3.05, 3.63) is 88.9 Å². The number of aryl methyl sites for hydroxylation is 1. The minimum Gasteiger partial charge on any atom is -0.467 e. The van der Waals surface area contributed by atoms with E-state index in [9.17, 15) is 4.79 Å². The van der Waals surface area contributed by atoms with Gasteiger partial charge in [-0.05, 0) is 23.8 Å². The van der Waals surface area contributed by atoms with Crippen molar-refractivity contribution in [2.75, 3.05) is 18.6 Å². The van der Waals surface area contributed by atoms with Gasteiger partial charge in [0, 0.05) is 24.4 Å². The van der Waals surface area contributed by atoms with Crippen molar-refractivity contribution in [2.45, 2.75) is 13.3 Å². The molecule has 0 aliphatic heterocycles. The molecule has 0 aliphatic carbocycles. The van der Waals surface area contributed by atoms with Crippen LogP contribution < -0.4 is 21.8 Å². The Kier molecular flexibility index (Phi) is 7.30. The third-order valence-corrected chi connectivity index (χ3v) is 5.38. The van der Waals surface area contributed by atoms with Crippen molar-refractivity contribution in [3.63, 3.8) is 0 Å². The Hall–Kier alpha value is -5.37. The molecule has 3 heterocycles. The Morgan fingerprint density at radius 3 is 2.32 bits per heavy atom. The normalized spacial score (nSPS) is 10.3. The zero-order chi connectivity index (χ0) is 26.4. The molecular formula is C26H23N9O2. The van der Waals surface area contributed by atoms with Gasteiger partial charge in [-0.3, -0.25) is 9.36 Å². The zero-order valence-corrected chi connectivity index (χ0v) is 20.2. The standard InChI is InChI=1S/C21H18N4O2.C5H5N5/c1-3-18-24-17-11-7-10-16(14-12-22-21(27-2)23-13-14)19(17)20(26)25(18)15-8-5-4-6-9-15;6-1-3-2-9-5(8)10-4(3)7/h4-13H,3H2,1-2H3;2H,(H4,7,8,9,10). The number of anilines is 2. The Balaban J connectivity index is 0.000000270. The molecule has 0 atom stereocenters. The van der Waals surface area contributed by atoms with Gasteiger partial charge in [0.05, 0.1) is 29.9 Å². The molecule has 0 aliphatic rings. The van der Waals surface area contributed by atoms with E-state index < -0.39 is 0 Å². The van der Waals surface area contributed by atoms with Crippen molar-refractivity contribution >= 4 is 22.7 Å². The summed E-state index contributed by atoms with van der Waals surface area (Å²) in [6.45, 7) is 1.99. The molecule has 0 spiro atoms. The first-order valence-electron chi connectivity index (χ1n) is 11.2. The second-order valence-corrected chi connectivity index (χ2v) is 7.65. The monoisotopic (exact) mass is 493 g/mol. The molecule has 11 heteroatoms. The number of nitrogens with zero attached hydrogens (tertiary/aromatic N) is 7. The summed E-state index contributed by atoms with van der Waals surface area (Å²) in [5.74, 6) is 0.924. The number of hydrogen-bond acceptors (Lipinski definition) is 10. The van der Waals surface area contributed by atoms with Gasteiger partial charge in [0.1, 0.15) is 23.3 Å². The third kappa shape index (κ3) is 5.18. The fraction of sp³-hybridized carbons (Fsp3) is 0.115. The van der Waals surface area contributed by atoms with Crippen LogP contribution in [0, 0.1) is 11.3 Å². The van der Waals surface area contributed by atoms with Gasteiger partial charge in [-0.2, -0.15) is 10.2 Å². The van der Waals surface area contributed by atoms with Gasteiger partial charge in [-0.1, -0.05) is 37.3 Å². The van der Waals surface area contributed by atoms with Crippen LogP contribution in [0.4, 0.5) is 11.8 Å². The molecule has 37 heavy (non-hydrogen) atoms. The fourth-order valence-corrected chi connectivity index (χ4v) is 3.65. The van der Waals surface area contributed by atoms with E-state index >= 15 is 0 Å². The minimum atomic E-state index is -0.102. The van der Waals surface area contributed by atoms with E-state index in [-0.39, 0.29) is 28.9 Å². The molecule has 184 valence electrons. The molecule has 5 aromatic rings. The lowest BCUT2D eigenvalue weighted by Gasteiger charge is -2.14. The summed E-state index contributed by atoms with van der Waals surface area (Å²) in [6.07, 6.45) is 5.24. The summed E-state index contributed by atoms with van der Waals surface area (Å²) in [7, 11) is 1.52. The van der Waals surface area contributed by atoms with Crippen molar-refractivity contribution in [3.8, 4) is 28.9 Å². The number of nitrogen functional groups attached to an aromatic ring is 2. The average molecular weight is 494 g/mol. The van der Waals surface area contributed by atoms with Crippen LogP contribution in [-0.2, 0) is 6.42 Å². The molecule has 0 unspecified atom stereocenters. The van der Waals surface area contributed by atoms with Gasteiger partial charge in [-0.25, -0.2) is 19.9 Å². The predicted molar refractivity (Wildman–Crippen MR) is 140 cm³/mol. The summed E-state index contributed by atoms with van der Waals surface area (Å²) in [5.41, 5.74) is 13.5. The Morgan fingerprint density at radius 2 is 1.70 bits per heavy atom.